The Balaban J connectivity index is 1.57. The Hall–Kier alpha value is -4.07. The largest absolute Gasteiger partial charge is 0.352 e. The van der Waals surface area contributed by atoms with Crippen LogP contribution in [0.4, 0.5) is 10.1 Å². The molecule has 3 amide bonds. The number of hydrogen-bond acceptors (Lipinski definition) is 4. The van der Waals surface area contributed by atoms with Crippen LogP contribution in [0.5, 0.6) is 0 Å². The molecule has 1 aromatic heterocycles. The molecule has 8 heteroatoms. The molecule has 0 fully saturated rings. The summed E-state index contributed by atoms with van der Waals surface area (Å²) in [5, 5.41) is 5.45. The topological polar surface area (TPSA) is 91.4 Å². The smallest absolute Gasteiger partial charge is 0.254 e. The highest BCUT2D eigenvalue weighted by atomic mass is 19.1. The summed E-state index contributed by atoms with van der Waals surface area (Å²) in [5.74, 6) is -1.73. The molecule has 0 spiro atoms. The van der Waals surface area contributed by atoms with Crippen LogP contribution in [0.2, 0.25) is 0 Å². The minimum absolute atomic E-state index is 0.0155. The summed E-state index contributed by atoms with van der Waals surface area (Å²) in [6.07, 6.45) is 2.73. The van der Waals surface area contributed by atoms with Crippen LogP contribution in [-0.2, 0) is 22.7 Å². The van der Waals surface area contributed by atoms with Gasteiger partial charge >= 0.3 is 0 Å². The number of halogens is 1. The first kappa shape index (κ1) is 21.2. The average molecular weight is 432 g/mol. The van der Waals surface area contributed by atoms with E-state index in [4.69, 9.17) is 0 Å². The van der Waals surface area contributed by atoms with Crippen molar-refractivity contribution in [2.24, 2.45) is 0 Å². The molecule has 1 atom stereocenters. The molecule has 162 valence electrons. The molecule has 1 aliphatic rings. The molecular weight excluding hydrogens is 411 g/mol. The van der Waals surface area contributed by atoms with Gasteiger partial charge in [-0.15, -0.1) is 0 Å². The van der Waals surface area contributed by atoms with E-state index in [-0.39, 0.29) is 25.4 Å². The van der Waals surface area contributed by atoms with Crippen molar-refractivity contribution in [3.63, 3.8) is 0 Å². The van der Waals surface area contributed by atoms with Gasteiger partial charge in [-0.1, -0.05) is 36.4 Å². The van der Waals surface area contributed by atoms with Crippen molar-refractivity contribution < 1.29 is 18.8 Å². The van der Waals surface area contributed by atoms with Crippen LogP contribution in [0.25, 0.3) is 0 Å². The lowest BCUT2D eigenvalue weighted by molar-refractivity contribution is -0.128. The Bertz CT molecular complexity index is 1150. The van der Waals surface area contributed by atoms with Crippen molar-refractivity contribution in [1.29, 1.82) is 0 Å². The lowest BCUT2D eigenvalue weighted by atomic mass is 10.1. The van der Waals surface area contributed by atoms with E-state index in [1.165, 1.54) is 23.4 Å². The van der Waals surface area contributed by atoms with E-state index in [9.17, 15) is 18.8 Å². The molecule has 0 bridgehead atoms. The predicted molar refractivity (Wildman–Crippen MR) is 116 cm³/mol. The molecule has 0 aliphatic carbocycles. The number of para-hydroxylation sites is 1. The van der Waals surface area contributed by atoms with Gasteiger partial charge in [0.25, 0.3) is 5.91 Å². The quantitative estimate of drug-likeness (QED) is 0.649. The van der Waals surface area contributed by atoms with Gasteiger partial charge in [-0.05, 0) is 29.8 Å². The Morgan fingerprint density at radius 3 is 2.56 bits per heavy atom. The second-order valence-electron chi connectivity index (χ2n) is 7.40. The van der Waals surface area contributed by atoms with E-state index >= 15 is 0 Å². The molecule has 1 unspecified atom stereocenters. The maximum atomic E-state index is 13.8. The number of nitrogens with one attached hydrogen (secondary N) is 2. The molecule has 0 radical (unpaired) electrons. The van der Waals surface area contributed by atoms with E-state index in [0.29, 0.717) is 16.8 Å². The van der Waals surface area contributed by atoms with Crippen molar-refractivity contribution in [3.8, 4) is 0 Å². The molecule has 4 rings (SSSR count). The number of fused-ring (bicyclic) bond motifs is 1. The van der Waals surface area contributed by atoms with Gasteiger partial charge in [0.05, 0.1) is 6.42 Å². The maximum absolute atomic E-state index is 13.8. The monoisotopic (exact) mass is 432 g/mol. The Morgan fingerprint density at radius 2 is 1.78 bits per heavy atom. The van der Waals surface area contributed by atoms with Crippen molar-refractivity contribution in [1.82, 2.24) is 15.2 Å². The number of aromatic nitrogens is 1. The Morgan fingerprint density at radius 1 is 1.06 bits per heavy atom. The highest BCUT2D eigenvalue weighted by Gasteiger charge is 2.35. The maximum Gasteiger partial charge on any atom is 0.254 e. The van der Waals surface area contributed by atoms with Gasteiger partial charge in [-0.3, -0.25) is 19.4 Å². The Labute approximate surface area is 184 Å². The van der Waals surface area contributed by atoms with Crippen LogP contribution in [0.3, 0.4) is 0 Å². The summed E-state index contributed by atoms with van der Waals surface area (Å²) in [6.45, 7) is 0.139. The molecule has 0 saturated heterocycles. The van der Waals surface area contributed by atoms with Crippen LogP contribution < -0.4 is 10.6 Å². The van der Waals surface area contributed by atoms with Crippen molar-refractivity contribution in [2.45, 2.75) is 25.6 Å². The number of benzene rings is 2. The average Bonchev–Trinajstić information content (AvgIpc) is 2.95. The number of anilines is 1. The van der Waals surface area contributed by atoms with Gasteiger partial charge in [-0.2, -0.15) is 0 Å². The number of carbonyl (C=O) groups excluding carboxylic acids is 3. The van der Waals surface area contributed by atoms with Crippen LogP contribution in [0.15, 0.2) is 73.1 Å². The highest BCUT2D eigenvalue weighted by Crippen LogP contribution is 2.25. The minimum Gasteiger partial charge on any atom is -0.352 e. The van der Waals surface area contributed by atoms with Crippen LogP contribution >= 0.6 is 0 Å². The first-order valence-corrected chi connectivity index (χ1v) is 10.1. The molecule has 32 heavy (non-hydrogen) atoms. The summed E-state index contributed by atoms with van der Waals surface area (Å²) in [6, 6.07) is 15.4. The fraction of sp³-hybridized carbons (Fsp3) is 0.167. The van der Waals surface area contributed by atoms with Gasteiger partial charge < -0.3 is 15.5 Å². The van der Waals surface area contributed by atoms with E-state index in [1.54, 1.807) is 42.5 Å². The molecule has 2 N–H and O–H groups in total. The van der Waals surface area contributed by atoms with E-state index in [0.717, 1.165) is 5.56 Å². The predicted octanol–water partition coefficient (Wildman–Crippen LogP) is 2.89. The molecule has 3 aromatic rings. The third-order valence-corrected chi connectivity index (χ3v) is 5.30. The number of rotatable bonds is 5. The van der Waals surface area contributed by atoms with Crippen molar-refractivity contribution in [2.75, 3.05) is 5.32 Å². The number of carbonyl (C=O) groups is 3. The molecular formula is C24H21FN4O3. The summed E-state index contributed by atoms with van der Waals surface area (Å²) in [4.78, 5) is 44.3. The Kier molecular flexibility index (Phi) is 6.21. The summed E-state index contributed by atoms with van der Waals surface area (Å²) < 4.78 is 13.8. The minimum atomic E-state index is -1.04. The van der Waals surface area contributed by atoms with Crippen LogP contribution in [0, 0.1) is 5.82 Å². The third kappa shape index (κ3) is 4.64. The zero-order valence-electron chi connectivity index (χ0n) is 17.1. The first-order valence-electron chi connectivity index (χ1n) is 10.1. The van der Waals surface area contributed by atoms with Gasteiger partial charge in [0.2, 0.25) is 11.8 Å². The number of amides is 3. The fourth-order valence-corrected chi connectivity index (χ4v) is 3.59. The van der Waals surface area contributed by atoms with Crippen molar-refractivity contribution >= 4 is 23.4 Å². The van der Waals surface area contributed by atoms with Gasteiger partial charge in [0.1, 0.15) is 11.9 Å². The molecule has 7 nitrogen and oxygen atoms in total. The summed E-state index contributed by atoms with van der Waals surface area (Å²) >= 11 is 0. The van der Waals surface area contributed by atoms with E-state index < -0.39 is 23.7 Å². The molecule has 0 saturated carbocycles. The fourth-order valence-electron chi connectivity index (χ4n) is 3.59. The van der Waals surface area contributed by atoms with E-state index in [1.807, 2.05) is 12.1 Å². The van der Waals surface area contributed by atoms with E-state index in [2.05, 4.69) is 15.6 Å². The molecule has 1 aliphatic heterocycles. The van der Waals surface area contributed by atoms with Crippen LogP contribution in [0.1, 0.15) is 27.9 Å². The first-order chi connectivity index (χ1) is 15.5. The van der Waals surface area contributed by atoms with Crippen molar-refractivity contribution in [3.05, 3.63) is 95.6 Å². The summed E-state index contributed by atoms with van der Waals surface area (Å²) in [5.41, 5.74) is 2.06. The normalized spacial score (nSPS) is 15.3. The number of nitrogens with zero attached hydrogens (tertiary/aromatic N) is 2. The second-order valence-corrected chi connectivity index (χ2v) is 7.40. The zero-order chi connectivity index (χ0) is 22.5. The van der Waals surface area contributed by atoms with Gasteiger partial charge in [0.15, 0.2) is 0 Å². The summed E-state index contributed by atoms with van der Waals surface area (Å²) in [7, 11) is 0. The zero-order valence-corrected chi connectivity index (χ0v) is 17.1. The standard InChI is InChI=1S/C24H21FN4O3/c25-19-7-3-1-5-17(19)14-27-22(30)13-21-23(31)28-20-8-4-2-6-18(20)15-29(21)24(32)16-9-11-26-12-10-16/h1-12,21H,13-15H2,(H,27,30)(H,28,31). The highest BCUT2D eigenvalue weighted by molar-refractivity contribution is 6.04. The molecule has 2 heterocycles. The SMILES string of the molecule is O=C(CC1C(=O)Nc2ccccc2CN1C(=O)c1ccncc1)NCc1ccccc1F. The second kappa shape index (κ2) is 9.38. The van der Waals surface area contributed by atoms with Gasteiger partial charge in [-0.25, -0.2) is 4.39 Å². The number of hydrogen-bond donors (Lipinski definition) is 2. The van der Waals surface area contributed by atoms with Gasteiger partial charge in [0, 0.05) is 42.3 Å². The number of pyridine rings is 1. The lowest BCUT2D eigenvalue weighted by Gasteiger charge is -2.28. The third-order valence-electron chi connectivity index (χ3n) is 5.30. The molecule has 2 aromatic carbocycles. The lowest BCUT2D eigenvalue weighted by Crippen LogP contribution is -2.47. The van der Waals surface area contributed by atoms with Crippen LogP contribution in [-0.4, -0.2) is 33.6 Å².